The van der Waals surface area contributed by atoms with E-state index in [0.29, 0.717) is 18.8 Å². The normalized spacial score (nSPS) is 14.7. The van der Waals surface area contributed by atoms with Crippen LogP contribution in [-0.2, 0) is 10.0 Å². The first-order valence-electron chi connectivity index (χ1n) is 11.2. The molecule has 172 valence electrons. The summed E-state index contributed by atoms with van der Waals surface area (Å²) in [6.45, 7) is 1.07. The van der Waals surface area contributed by atoms with E-state index in [0.717, 1.165) is 41.6 Å². The molecule has 0 saturated carbocycles. The number of piperidine rings is 1. The lowest BCUT2D eigenvalue weighted by Gasteiger charge is -2.25. The van der Waals surface area contributed by atoms with Gasteiger partial charge in [-0.15, -0.1) is 0 Å². The Morgan fingerprint density at radius 2 is 1.50 bits per heavy atom. The molecule has 1 aromatic heterocycles. The van der Waals surface area contributed by atoms with Crippen LogP contribution in [0.3, 0.4) is 0 Å². The van der Waals surface area contributed by atoms with Crippen LogP contribution >= 0.6 is 0 Å². The Bertz CT molecular complexity index is 1430. The van der Waals surface area contributed by atoms with E-state index in [2.05, 4.69) is 9.97 Å². The topological polar surface area (TPSA) is 89.5 Å². The number of hydrogen-bond acceptors (Lipinski definition) is 6. The molecule has 0 radical (unpaired) electrons. The van der Waals surface area contributed by atoms with E-state index in [4.69, 9.17) is 4.74 Å². The minimum Gasteiger partial charge on any atom is -0.423 e. The van der Waals surface area contributed by atoms with Gasteiger partial charge in [0, 0.05) is 18.7 Å². The predicted octanol–water partition coefficient (Wildman–Crippen LogP) is 4.69. The van der Waals surface area contributed by atoms with E-state index >= 15 is 0 Å². The molecule has 34 heavy (non-hydrogen) atoms. The second-order valence-electron chi connectivity index (χ2n) is 8.15. The molecule has 0 atom stereocenters. The first-order chi connectivity index (χ1) is 16.5. The molecule has 3 aromatic carbocycles. The van der Waals surface area contributed by atoms with E-state index in [1.807, 2.05) is 36.4 Å². The number of sulfonamides is 1. The Hall–Kier alpha value is -3.62. The van der Waals surface area contributed by atoms with Crippen molar-refractivity contribution in [2.45, 2.75) is 24.2 Å². The summed E-state index contributed by atoms with van der Waals surface area (Å²) in [5, 5.41) is 0. The highest BCUT2D eigenvalue weighted by Gasteiger charge is 2.26. The van der Waals surface area contributed by atoms with Crippen molar-refractivity contribution in [3.63, 3.8) is 0 Å². The summed E-state index contributed by atoms with van der Waals surface area (Å²) in [7, 11) is -3.54. The third-order valence-corrected chi connectivity index (χ3v) is 7.76. The Morgan fingerprint density at radius 3 is 2.21 bits per heavy atom. The molecular weight excluding hydrogens is 450 g/mol. The van der Waals surface area contributed by atoms with Crippen molar-refractivity contribution in [1.82, 2.24) is 14.3 Å². The van der Waals surface area contributed by atoms with Crippen LogP contribution in [0.15, 0.2) is 83.9 Å². The smallest absolute Gasteiger partial charge is 0.343 e. The standard InChI is InChI=1S/C26H23N3O4S/c30-26(20-10-14-22(15-11-20)34(31,32)29-16-4-1-5-17-29)33-21-12-8-19(9-13-21)25-18-27-23-6-2-3-7-24(23)28-25/h2-3,6-15,18H,1,4-5,16-17H2. The van der Waals surface area contributed by atoms with Crippen LogP contribution in [0, 0.1) is 0 Å². The van der Waals surface area contributed by atoms with E-state index < -0.39 is 16.0 Å². The van der Waals surface area contributed by atoms with Crippen molar-refractivity contribution in [1.29, 1.82) is 0 Å². The Labute approximate surface area is 198 Å². The molecule has 2 heterocycles. The number of hydrogen-bond donors (Lipinski definition) is 0. The maximum Gasteiger partial charge on any atom is 0.343 e. The number of aromatic nitrogens is 2. The molecule has 8 heteroatoms. The molecule has 0 amide bonds. The van der Waals surface area contributed by atoms with Crippen molar-refractivity contribution in [2.75, 3.05) is 13.1 Å². The van der Waals surface area contributed by atoms with Gasteiger partial charge in [-0.05, 0) is 73.5 Å². The van der Waals surface area contributed by atoms with Crippen LogP contribution in [0.1, 0.15) is 29.6 Å². The first kappa shape index (κ1) is 22.2. The van der Waals surface area contributed by atoms with E-state index in [1.165, 1.54) is 28.6 Å². The average molecular weight is 474 g/mol. The Morgan fingerprint density at radius 1 is 0.824 bits per heavy atom. The maximum absolute atomic E-state index is 12.8. The summed E-state index contributed by atoms with van der Waals surface area (Å²) < 4.78 is 32.5. The third kappa shape index (κ3) is 4.55. The minimum absolute atomic E-state index is 0.187. The summed E-state index contributed by atoms with van der Waals surface area (Å²) in [5.41, 5.74) is 3.49. The summed E-state index contributed by atoms with van der Waals surface area (Å²) in [4.78, 5) is 21.8. The fraction of sp³-hybridized carbons (Fsp3) is 0.192. The van der Waals surface area contributed by atoms with Gasteiger partial charge in [0.15, 0.2) is 0 Å². The summed E-state index contributed by atoms with van der Waals surface area (Å²) in [5.74, 6) is -0.173. The van der Waals surface area contributed by atoms with Crippen LogP contribution < -0.4 is 4.74 Å². The van der Waals surface area contributed by atoms with Gasteiger partial charge in [-0.1, -0.05) is 18.6 Å². The van der Waals surface area contributed by atoms with Crippen LogP contribution in [0.2, 0.25) is 0 Å². The second kappa shape index (κ2) is 9.32. The largest absolute Gasteiger partial charge is 0.423 e. The minimum atomic E-state index is -3.54. The fourth-order valence-corrected chi connectivity index (χ4v) is 5.49. The molecule has 7 nitrogen and oxygen atoms in total. The number of carbonyl (C=O) groups is 1. The zero-order valence-electron chi connectivity index (χ0n) is 18.4. The van der Waals surface area contributed by atoms with Gasteiger partial charge in [0.1, 0.15) is 5.75 Å². The SMILES string of the molecule is O=C(Oc1ccc(-c2cnc3ccccc3n2)cc1)c1ccc(S(=O)(=O)N2CCCCC2)cc1. The average Bonchev–Trinajstić information content (AvgIpc) is 2.89. The maximum atomic E-state index is 12.8. The molecule has 0 bridgehead atoms. The van der Waals surface area contributed by atoms with Crippen LogP contribution in [0.25, 0.3) is 22.3 Å². The number of nitrogens with zero attached hydrogens (tertiary/aromatic N) is 3. The number of esters is 1. The highest BCUT2D eigenvalue weighted by Crippen LogP contribution is 2.24. The molecule has 4 aromatic rings. The number of ether oxygens (including phenoxy) is 1. The number of rotatable bonds is 5. The lowest BCUT2D eigenvalue weighted by molar-refractivity contribution is 0.0734. The van der Waals surface area contributed by atoms with E-state index in [1.54, 1.807) is 18.3 Å². The van der Waals surface area contributed by atoms with Crippen molar-refractivity contribution >= 4 is 27.0 Å². The Balaban J connectivity index is 1.27. The van der Waals surface area contributed by atoms with Crippen LogP contribution in [0.4, 0.5) is 0 Å². The molecule has 5 rings (SSSR count). The zero-order valence-corrected chi connectivity index (χ0v) is 19.2. The van der Waals surface area contributed by atoms with E-state index in [-0.39, 0.29) is 10.5 Å². The quantitative estimate of drug-likeness (QED) is 0.309. The summed E-state index contributed by atoms with van der Waals surface area (Å²) >= 11 is 0. The molecule has 1 aliphatic rings. The van der Waals surface area contributed by atoms with Gasteiger partial charge in [0.2, 0.25) is 10.0 Å². The molecule has 1 saturated heterocycles. The first-order valence-corrected chi connectivity index (χ1v) is 12.6. The lowest BCUT2D eigenvalue weighted by atomic mass is 10.1. The number of carbonyl (C=O) groups excluding carboxylic acids is 1. The van der Waals surface area contributed by atoms with Gasteiger partial charge in [-0.25, -0.2) is 18.2 Å². The highest BCUT2D eigenvalue weighted by molar-refractivity contribution is 7.89. The third-order valence-electron chi connectivity index (χ3n) is 5.85. The lowest BCUT2D eigenvalue weighted by Crippen LogP contribution is -2.35. The van der Waals surface area contributed by atoms with Gasteiger partial charge in [0.25, 0.3) is 0 Å². The van der Waals surface area contributed by atoms with Crippen molar-refractivity contribution in [3.8, 4) is 17.0 Å². The fourth-order valence-electron chi connectivity index (χ4n) is 3.97. The summed E-state index contributed by atoms with van der Waals surface area (Å²) in [6, 6.07) is 20.6. The predicted molar refractivity (Wildman–Crippen MR) is 129 cm³/mol. The molecule has 1 aliphatic heterocycles. The number of para-hydroxylation sites is 2. The van der Waals surface area contributed by atoms with Crippen molar-refractivity contribution in [2.24, 2.45) is 0 Å². The van der Waals surface area contributed by atoms with Crippen LogP contribution in [-0.4, -0.2) is 41.7 Å². The molecule has 0 N–H and O–H groups in total. The zero-order chi connectivity index (χ0) is 23.5. The van der Waals surface area contributed by atoms with Gasteiger partial charge in [-0.2, -0.15) is 4.31 Å². The molecule has 0 spiro atoms. The van der Waals surface area contributed by atoms with Crippen molar-refractivity contribution in [3.05, 3.63) is 84.6 Å². The second-order valence-corrected chi connectivity index (χ2v) is 10.1. The molecule has 0 aliphatic carbocycles. The summed E-state index contributed by atoms with van der Waals surface area (Å²) in [6.07, 6.45) is 4.50. The Kier molecular flexibility index (Phi) is 6.08. The molecule has 0 unspecified atom stereocenters. The van der Waals surface area contributed by atoms with Gasteiger partial charge >= 0.3 is 5.97 Å². The molecule has 1 fully saturated rings. The van der Waals surface area contributed by atoms with Gasteiger partial charge in [-0.3, -0.25) is 4.98 Å². The number of fused-ring (bicyclic) bond motifs is 1. The van der Waals surface area contributed by atoms with Gasteiger partial charge in [0.05, 0.1) is 33.4 Å². The van der Waals surface area contributed by atoms with Gasteiger partial charge < -0.3 is 4.74 Å². The monoisotopic (exact) mass is 473 g/mol. The van der Waals surface area contributed by atoms with Crippen LogP contribution in [0.5, 0.6) is 5.75 Å². The van der Waals surface area contributed by atoms with Crippen molar-refractivity contribution < 1.29 is 17.9 Å². The highest BCUT2D eigenvalue weighted by atomic mass is 32.2. The number of benzene rings is 3. The molecular formula is C26H23N3O4S. The van der Waals surface area contributed by atoms with E-state index in [9.17, 15) is 13.2 Å².